The van der Waals surface area contributed by atoms with Crippen LogP contribution in [0.3, 0.4) is 0 Å². The normalized spacial score (nSPS) is 16.1. The molecular weight excluding hydrogens is 360 g/mol. The summed E-state index contributed by atoms with van der Waals surface area (Å²) in [5.74, 6) is 1.69. The summed E-state index contributed by atoms with van der Waals surface area (Å²) in [4.78, 5) is 36.8. The van der Waals surface area contributed by atoms with E-state index < -0.39 is 0 Å². The number of anilines is 1. The van der Waals surface area contributed by atoms with Crippen LogP contribution in [0.15, 0.2) is 41.5 Å². The maximum absolute atomic E-state index is 12.3. The summed E-state index contributed by atoms with van der Waals surface area (Å²) in [5.41, 5.74) is 0.268. The van der Waals surface area contributed by atoms with Crippen LogP contribution in [-0.4, -0.2) is 61.9 Å². The van der Waals surface area contributed by atoms with E-state index in [1.165, 1.54) is 6.26 Å². The van der Waals surface area contributed by atoms with Gasteiger partial charge in [0.1, 0.15) is 12.1 Å². The molecular formula is C18H22N8O2. The zero-order chi connectivity index (χ0) is 19.3. The molecule has 0 saturated carbocycles. The molecule has 0 spiro atoms. The standard InChI is InChI=1S/C18H22N8O2/c1-13(16-19-5-6-20-16)23-17(27)14-12-28-15(24-14)11-25-7-9-26(10-8-25)18-21-3-2-4-22-18/h2-6,12-13H,7-11H2,1H3,(H,19,20)(H,23,27)/t13-/m1/s1. The van der Waals surface area contributed by atoms with E-state index in [0.717, 1.165) is 32.1 Å². The second kappa shape index (κ2) is 8.17. The van der Waals surface area contributed by atoms with E-state index in [1.54, 1.807) is 24.8 Å². The van der Waals surface area contributed by atoms with Crippen molar-refractivity contribution < 1.29 is 9.21 Å². The van der Waals surface area contributed by atoms with E-state index in [-0.39, 0.29) is 17.6 Å². The summed E-state index contributed by atoms with van der Waals surface area (Å²) in [6, 6.07) is 1.57. The molecule has 1 aliphatic rings. The Labute approximate surface area is 162 Å². The SMILES string of the molecule is C[C@@H](NC(=O)c1coc(CN2CCN(c3ncccn3)CC2)n1)c1ncc[nH]1. The molecule has 0 bridgehead atoms. The van der Waals surface area contributed by atoms with Gasteiger partial charge in [-0.25, -0.2) is 19.9 Å². The number of carbonyl (C=O) groups is 1. The van der Waals surface area contributed by atoms with E-state index in [0.29, 0.717) is 18.3 Å². The number of oxazole rings is 1. The first-order valence-electron chi connectivity index (χ1n) is 9.18. The second-order valence-corrected chi connectivity index (χ2v) is 6.61. The van der Waals surface area contributed by atoms with Crippen molar-refractivity contribution in [2.75, 3.05) is 31.1 Å². The molecule has 146 valence electrons. The van der Waals surface area contributed by atoms with Crippen LogP contribution in [0.1, 0.15) is 35.2 Å². The minimum absolute atomic E-state index is 0.240. The highest BCUT2D eigenvalue weighted by Crippen LogP contribution is 2.13. The number of hydrogen-bond acceptors (Lipinski definition) is 8. The summed E-state index contributed by atoms with van der Waals surface area (Å²) >= 11 is 0. The largest absolute Gasteiger partial charge is 0.447 e. The first-order valence-corrected chi connectivity index (χ1v) is 9.18. The monoisotopic (exact) mass is 382 g/mol. The molecule has 1 atom stereocenters. The lowest BCUT2D eigenvalue weighted by atomic mass is 10.3. The summed E-state index contributed by atoms with van der Waals surface area (Å²) < 4.78 is 5.50. The lowest BCUT2D eigenvalue weighted by Crippen LogP contribution is -2.46. The third kappa shape index (κ3) is 4.17. The highest BCUT2D eigenvalue weighted by molar-refractivity contribution is 5.92. The van der Waals surface area contributed by atoms with Gasteiger partial charge in [0.2, 0.25) is 11.8 Å². The van der Waals surface area contributed by atoms with Crippen molar-refractivity contribution >= 4 is 11.9 Å². The molecule has 4 heterocycles. The van der Waals surface area contributed by atoms with Gasteiger partial charge in [0.25, 0.3) is 5.91 Å². The van der Waals surface area contributed by atoms with Gasteiger partial charge in [-0.1, -0.05) is 0 Å². The lowest BCUT2D eigenvalue weighted by molar-refractivity contribution is 0.0933. The molecule has 2 N–H and O–H groups in total. The van der Waals surface area contributed by atoms with Crippen LogP contribution in [-0.2, 0) is 6.54 Å². The number of imidazole rings is 1. The zero-order valence-electron chi connectivity index (χ0n) is 15.6. The zero-order valence-corrected chi connectivity index (χ0v) is 15.6. The Hall–Kier alpha value is -3.27. The highest BCUT2D eigenvalue weighted by atomic mass is 16.3. The topological polar surface area (TPSA) is 116 Å². The number of aromatic amines is 1. The molecule has 3 aromatic heterocycles. The fourth-order valence-electron chi connectivity index (χ4n) is 3.09. The summed E-state index contributed by atoms with van der Waals surface area (Å²) in [6.07, 6.45) is 8.26. The van der Waals surface area contributed by atoms with Gasteiger partial charge in [0, 0.05) is 51.0 Å². The molecule has 0 radical (unpaired) electrons. The van der Waals surface area contributed by atoms with Gasteiger partial charge in [-0.3, -0.25) is 9.69 Å². The molecule has 0 aromatic carbocycles. The van der Waals surface area contributed by atoms with Crippen molar-refractivity contribution in [2.24, 2.45) is 0 Å². The number of aromatic nitrogens is 5. The first kappa shape index (κ1) is 18.1. The molecule has 3 aromatic rings. The molecule has 28 heavy (non-hydrogen) atoms. The van der Waals surface area contributed by atoms with Crippen LogP contribution < -0.4 is 10.2 Å². The quantitative estimate of drug-likeness (QED) is 0.649. The highest BCUT2D eigenvalue weighted by Gasteiger charge is 2.21. The maximum Gasteiger partial charge on any atom is 0.273 e. The number of nitrogens with one attached hydrogen (secondary N) is 2. The van der Waals surface area contributed by atoms with Gasteiger partial charge in [0.15, 0.2) is 5.69 Å². The number of carbonyl (C=O) groups excluding carboxylic acids is 1. The van der Waals surface area contributed by atoms with Crippen LogP contribution in [0.5, 0.6) is 0 Å². The van der Waals surface area contributed by atoms with Crippen molar-refractivity contribution in [1.29, 1.82) is 0 Å². The minimum atomic E-state index is -0.287. The van der Waals surface area contributed by atoms with E-state index in [2.05, 4.69) is 40.0 Å². The Bertz CT molecular complexity index is 887. The van der Waals surface area contributed by atoms with Crippen LogP contribution in [0, 0.1) is 0 Å². The van der Waals surface area contributed by atoms with Crippen LogP contribution in [0.2, 0.25) is 0 Å². The number of H-pyrrole nitrogens is 1. The second-order valence-electron chi connectivity index (χ2n) is 6.61. The van der Waals surface area contributed by atoms with Gasteiger partial charge in [0.05, 0.1) is 12.6 Å². The summed E-state index contributed by atoms with van der Waals surface area (Å²) in [6.45, 7) is 5.77. The smallest absolute Gasteiger partial charge is 0.273 e. The predicted molar refractivity (Wildman–Crippen MR) is 100 cm³/mol. The molecule has 0 aliphatic carbocycles. The Balaban J connectivity index is 1.29. The summed E-state index contributed by atoms with van der Waals surface area (Å²) in [5, 5.41) is 2.85. The van der Waals surface area contributed by atoms with E-state index in [9.17, 15) is 4.79 Å². The Morgan fingerprint density at radius 2 is 2.00 bits per heavy atom. The van der Waals surface area contributed by atoms with Gasteiger partial charge in [-0.15, -0.1) is 0 Å². The Morgan fingerprint density at radius 3 is 2.71 bits per heavy atom. The summed E-state index contributed by atoms with van der Waals surface area (Å²) in [7, 11) is 0. The van der Waals surface area contributed by atoms with Crippen molar-refractivity contribution in [3.05, 3.63) is 54.5 Å². The van der Waals surface area contributed by atoms with Crippen molar-refractivity contribution in [3.63, 3.8) is 0 Å². The van der Waals surface area contributed by atoms with Gasteiger partial charge in [-0.05, 0) is 13.0 Å². The number of amides is 1. The first-order chi connectivity index (χ1) is 13.7. The van der Waals surface area contributed by atoms with Gasteiger partial charge >= 0.3 is 0 Å². The van der Waals surface area contributed by atoms with Gasteiger partial charge < -0.3 is 19.6 Å². The Kier molecular flexibility index (Phi) is 5.29. The fraction of sp³-hybridized carbons (Fsp3) is 0.389. The van der Waals surface area contributed by atoms with Crippen LogP contribution in [0.25, 0.3) is 0 Å². The molecule has 1 amide bonds. The average molecular weight is 382 g/mol. The molecule has 1 saturated heterocycles. The Morgan fingerprint density at radius 1 is 1.21 bits per heavy atom. The van der Waals surface area contributed by atoms with E-state index in [4.69, 9.17) is 4.42 Å². The average Bonchev–Trinajstić information content (AvgIpc) is 3.42. The predicted octanol–water partition coefficient (Wildman–Crippen LogP) is 1.00. The fourth-order valence-corrected chi connectivity index (χ4v) is 3.09. The molecule has 10 heteroatoms. The van der Waals surface area contributed by atoms with Gasteiger partial charge in [-0.2, -0.15) is 0 Å². The molecule has 4 rings (SSSR count). The molecule has 10 nitrogen and oxygen atoms in total. The number of piperazine rings is 1. The van der Waals surface area contributed by atoms with Crippen LogP contribution >= 0.6 is 0 Å². The third-order valence-electron chi connectivity index (χ3n) is 4.63. The lowest BCUT2D eigenvalue weighted by Gasteiger charge is -2.33. The maximum atomic E-state index is 12.3. The molecule has 1 aliphatic heterocycles. The van der Waals surface area contributed by atoms with Crippen molar-refractivity contribution in [2.45, 2.75) is 19.5 Å². The van der Waals surface area contributed by atoms with E-state index >= 15 is 0 Å². The van der Waals surface area contributed by atoms with Crippen molar-refractivity contribution in [1.82, 2.24) is 35.1 Å². The molecule has 0 unspecified atom stereocenters. The number of rotatable bonds is 6. The van der Waals surface area contributed by atoms with Crippen LogP contribution in [0.4, 0.5) is 5.95 Å². The number of nitrogens with zero attached hydrogens (tertiary/aromatic N) is 6. The van der Waals surface area contributed by atoms with Crippen molar-refractivity contribution in [3.8, 4) is 0 Å². The minimum Gasteiger partial charge on any atom is -0.447 e. The number of hydrogen-bond donors (Lipinski definition) is 2. The van der Waals surface area contributed by atoms with E-state index in [1.807, 2.05) is 13.0 Å². The third-order valence-corrected chi connectivity index (χ3v) is 4.63. The molecule has 1 fully saturated rings.